The first kappa shape index (κ1) is 64.3. The minimum atomic E-state index is -4.66. The van der Waals surface area contributed by atoms with Crippen molar-refractivity contribution in [3.63, 3.8) is 0 Å². The van der Waals surface area contributed by atoms with Gasteiger partial charge >= 0.3 is 239 Å². The van der Waals surface area contributed by atoms with Crippen LogP contribution < -0.4 is 58.6 Å². The molecule has 22 heteroatoms. The molecular formula is C46H50Au2Cl2N2O10P2S4-4. The molecule has 0 bridgehead atoms. The average molecular weight is 1450 g/mol. The van der Waals surface area contributed by atoms with Gasteiger partial charge in [0.15, 0.2) is 0 Å². The number of nitrogens with zero attached hydrogens (tertiary/aromatic N) is 2. The number of hydrogen-bond acceptors (Lipinski definition) is 16. The summed E-state index contributed by atoms with van der Waals surface area (Å²) in [4.78, 5) is 8.47. The van der Waals surface area contributed by atoms with Crippen molar-refractivity contribution < 1.29 is 111 Å². The molecule has 12 nitrogen and oxygen atoms in total. The van der Waals surface area contributed by atoms with E-state index in [2.05, 4.69) is 36.6 Å². The number of hydrogen-bond donors (Lipinski definition) is 0. The number of benzene rings is 6. The molecule has 6 rings (SSSR count). The standard InChI is InChI=1S/2C14H14ClO4P.2C9H11NOS2.2Au/c2*1-20(2,19-15(16,17)18,13-9-5-3-6-10-13)14-11-7-4-8-12-14;2*1-11-9-5-3-8(4-6-9)10-7-13-12-2;;/h2*3-12H,1-2H2;2*3-7H,1-2H3;;/q2*-2;;;;. The van der Waals surface area contributed by atoms with Crippen LogP contribution in [0, 0.1) is 47.1 Å². The van der Waals surface area contributed by atoms with Crippen LogP contribution in [0.4, 0.5) is 11.4 Å². The summed E-state index contributed by atoms with van der Waals surface area (Å²) in [6.45, 7) is 7.67. The normalized spacial score (nSPS) is 12.6. The number of rotatable bonds is 16. The Morgan fingerprint density at radius 2 is 0.662 bits per heavy atom. The zero-order chi connectivity index (χ0) is 48.8. The van der Waals surface area contributed by atoms with Crippen LogP contribution in [-0.4, -0.2) is 37.8 Å². The van der Waals surface area contributed by atoms with Crippen molar-refractivity contribution >= 4 is 101 Å². The van der Waals surface area contributed by atoms with Gasteiger partial charge < -0.3 is 9.47 Å². The van der Waals surface area contributed by atoms with Gasteiger partial charge in [0.1, 0.15) is 11.5 Å². The quantitative estimate of drug-likeness (QED) is 0.0276. The Morgan fingerprint density at radius 1 is 0.426 bits per heavy atom. The van der Waals surface area contributed by atoms with Crippen LogP contribution in [0.25, 0.3) is 0 Å². The average Bonchev–Trinajstić information content (AvgIpc) is 3.30. The molecule has 0 aromatic heterocycles. The fourth-order valence-corrected chi connectivity index (χ4v) is 15.4. The summed E-state index contributed by atoms with van der Waals surface area (Å²) in [7, 11) is 0.552. The molecule has 0 saturated heterocycles. The maximum absolute atomic E-state index is 11.1. The molecule has 0 unspecified atom stereocenters. The number of halogens is 2. The van der Waals surface area contributed by atoms with Gasteiger partial charge in [0, 0.05) is 44.8 Å². The third-order valence-electron chi connectivity index (χ3n) is 8.75. The van der Waals surface area contributed by atoms with E-state index in [1.54, 1.807) is 179 Å². The van der Waals surface area contributed by atoms with E-state index in [-0.39, 0.29) is 44.8 Å². The van der Waals surface area contributed by atoms with Gasteiger partial charge in [0.05, 0.1) is 36.7 Å². The second-order valence-corrected chi connectivity index (χ2v) is 28.4. The van der Waals surface area contributed by atoms with Gasteiger partial charge in [-0.3, -0.25) is 0 Å². The summed E-state index contributed by atoms with van der Waals surface area (Å²) < 4.78 is 86.7. The summed E-state index contributed by atoms with van der Waals surface area (Å²) in [6, 6.07) is 49.4. The molecule has 378 valence electrons. The fraction of sp³-hybridized carbons (Fsp3) is 0.0870. The van der Waals surface area contributed by atoms with Crippen LogP contribution in [0.1, 0.15) is 0 Å². The summed E-state index contributed by atoms with van der Waals surface area (Å²) in [5, 5.41) is 1.93. The Balaban J connectivity index is 0.000000458. The fourth-order valence-electron chi connectivity index (χ4n) is 5.55. The van der Waals surface area contributed by atoms with Crippen molar-refractivity contribution in [1.29, 1.82) is 0 Å². The van der Waals surface area contributed by atoms with Crippen molar-refractivity contribution in [2.45, 2.75) is 0 Å². The Kier molecular flexibility index (Phi) is 28.7. The second kappa shape index (κ2) is 30.3. The van der Waals surface area contributed by atoms with Crippen molar-refractivity contribution in [2.24, 2.45) is 9.98 Å². The third-order valence-corrected chi connectivity index (χ3v) is 21.2. The van der Waals surface area contributed by atoms with E-state index in [4.69, 9.17) is 17.6 Å². The first-order chi connectivity index (χ1) is 31.2. The monoisotopic (exact) mass is 1440 g/mol. The van der Waals surface area contributed by atoms with Crippen molar-refractivity contribution in [3.05, 3.63) is 197 Å². The predicted molar refractivity (Wildman–Crippen MR) is 266 cm³/mol. The van der Waals surface area contributed by atoms with E-state index in [0.717, 1.165) is 22.9 Å². The molecule has 0 spiro atoms. The van der Waals surface area contributed by atoms with Gasteiger partial charge in [-0.2, -0.15) is 0 Å². The van der Waals surface area contributed by atoms with Crippen molar-refractivity contribution in [3.8, 4) is 11.5 Å². The molecule has 0 amide bonds. The van der Waals surface area contributed by atoms with Crippen LogP contribution >= 0.6 is 56.8 Å². The second-order valence-electron chi connectivity index (χ2n) is 13.4. The number of ether oxygens (including phenoxy) is 2. The van der Waals surface area contributed by atoms with Gasteiger partial charge in [-0.25, -0.2) is 9.98 Å². The molecule has 0 aliphatic carbocycles. The summed E-state index contributed by atoms with van der Waals surface area (Å²) in [6.07, 6.45) is 4.04. The molecular weight excluding hydrogens is 1400 g/mol. The van der Waals surface area contributed by atoms with Crippen molar-refractivity contribution in [2.75, 3.05) is 26.7 Å². The summed E-state index contributed by atoms with van der Waals surface area (Å²) >= 11 is 0. The van der Waals surface area contributed by atoms with Crippen LogP contribution in [-0.2, 0) is 52.9 Å². The third kappa shape index (κ3) is 21.2. The van der Waals surface area contributed by atoms with E-state index >= 15 is 0 Å². The van der Waals surface area contributed by atoms with Crippen molar-refractivity contribution in [1.82, 2.24) is 0 Å². The van der Waals surface area contributed by atoms with Crippen LogP contribution in [0.5, 0.6) is 11.5 Å². The first-order valence-electron chi connectivity index (χ1n) is 18.9. The summed E-state index contributed by atoms with van der Waals surface area (Å²) in [5.41, 5.74) is 5.54. The predicted octanol–water partition coefficient (Wildman–Crippen LogP) is 5.93. The van der Waals surface area contributed by atoms with E-state index < -0.39 is 34.1 Å². The molecule has 0 atom stereocenters. The number of methoxy groups -OCH3 is 2. The molecule has 0 fully saturated rings. The molecule has 6 aromatic carbocycles. The van der Waals surface area contributed by atoms with Gasteiger partial charge in [-0.1, -0.05) is 21.6 Å². The Hall–Kier alpha value is -1.74. The van der Waals surface area contributed by atoms with E-state index in [0.29, 0.717) is 21.2 Å². The molecule has 68 heavy (non-hydrogen) atoms. The zero-order valence-corrected chi connectivity index (χ0v) is 47.9. The molecule has 6 aromatic rings. The molecule has 0 heterocycles. The van der Waals surface area contributed by atoms with Crippen LogP contribution in [0.3, 0.4) is 0 Å². The van der Waals surface area contributed by atoms with Crippen LogP contribution in [0.15, 0.2) is 180 Å². The van der Waals surface area contributed by atoms with Crippen LogP contribution in [0.2, 0.25) is 0 Å². The molecule has 0 N–H and O–H groups in total. The zero-order valence-electron chi connectivity index (χ0n) is 37.0. The van der Waals surface area contributed by atoms with E-state index in [1.165, 1.54) is 0 Å². The van der Waals surface area contributed by atoms with Gasteiger partial charge in [0.25, 0.3) is 0 Å². The molecule has 0 saturated carbocycles. The van der Waals surface area contributed by atoms with Gasteiger partial charge in [-0.15, -0.1) is 0 Å². The van der Waals surface area contributed by atoms with Gasteiger partial charge in [-0.05, 0) is 82.6 Å². The maximum atomic E-state index is 11.1. The minimum absolute atomic E-state index is 0. The van der Waals surface area contributed by atoms with E-state index in [9.17, 15) is 28.0 Å². The SMILES string of the molecule is COc1ccc(N=CSSC)cc1.COc1ccc(N=CSSC)cc1.[Au].[Au].[CH2-]P([CH2-])(O[Cl+3]([O-])([O-])[O-])(c1ccccc1)c1ccccc1.[CH2-]P([CH2-])(O[Cl+3]([O-])([O-])[O-])(c1ccccc1)c1ccccc1. The van der Waals surface area contributed by atoms with E-state index in [1.807, 2.05) is 72.1 Å². The summed E-state index contributed by atoms with van der Waals surface area (Å²) in [5.74, 6) is 1.72. The Morgan fingerprint density at radius 3 is 0.853 bits per heavy atom. The van der Waals surface area contributed by atoms with Gasteiger partial charge in [0.2, 0.25) is 0 Å². The Bertz CT molecular complexity index is 2130. The Labute approximate surface area is 451 Å². The molecule has 0 aliphatic heterocycles. The topological polar surface area (TPSA) is 200 Å². The molecule has 2 radical (unpaired) electrons. The number of aliphatic imine (C=N–C) groups is 2. The first-order valence-corrected chi connectivity index (χ1v) is 31.6. The molecule has 0 aliphatic rings.